The van der Waals surface area contributed by atoms with Crippen LogP contribution in [-0.4, -0.2) is 109 Å². The topological polar surface area (TPSA) is 102 Å². The van der Waals surface area contributed by atoms with Crippen LogP contribution in [0.15, 0.2) is 72.9 Å². The Hall–Kier alpha value is -1.84. The van der Waals surface area contributed by atoms with Crippen molar-refractivity contribution in [3.8, 4) is 0 Å². The molecular weight excluding hydrogens is 871 g/mol. The van der Waals surface area contributed by atoms with Crippen LogP contribution in [0.5, 0.6) is 0 Å². The second kappa shape index (κ2) is 54.4. The maximum atomic E-state index is 10.7. The van der Waals surface area contributed by atoms with Gasteiger partial charge in [-0.1, -0.05) is 211 Å². The van der Waals surface area contributed by atoms with Crippen molar-refractivity contribution in [2.24, 2.45) is 29.2 Å². The Morgan fingerprint density at radius 1 is 0.338 bits per heavy atom. The molecule has 0 saturated carbocycles. The van der Waals surface area contributed by atoms with E-state index < -0.39 is 12.2 Å². The second-order valence-corrected chi connectivity index (χ2v) is 21.7. The number of hydrogen-bond donors (Lipinski definition) is 4. The fourth-order valence-corrected chi connectivity index (χ4v) is 9.61. The van der Waals surface area contributed by atoms with Crippen LogP contribution in [0.3, 0.4) is 0 Å². The molecule has 5 unspecified atom stereocenters. The largest absolute Gasteiger partial charge is 0.390 e. The van der Waals surface area contributed by atoms with Gasteiger partial charge >= 0.3 is 0 Å². The quantitative estimate of drug-likeness (QED) is 0.0356. The van der Waals surface area contributed by atoms with Gasteiger partial charge in [-0.15, -0.1) is 0 Å². The molecule has 5 atom stereocenters. The third kappa shape index (κ3) is 50.1. The number of unbranched alkanes of at least 4 members (excludes halogenated alkanes) is 18. The smallest absolute Gasteiger partial charge is 0.0789 e. The van der Waals surface area contributed by atoms with Crippen molar-refractivity contribution in [3.63, 3.8) is 0 Å². The van der Waals surface area contributed by atoms with E-state index in [-0.39, 0.29) is 0 Å². The minimum absolute atomic E-state index is 0.307. The fourth-order valence-electron chi connectivity index (χ4n) is 9.61. The van der Waals surface area contributed by atoms with Gasteiger partial charge in [0.1, 0.15) is 0 Å². The molecular formula is C64H123N5O2. The highest BCUT2D eigenvalue weighted by Gasteiger charge is 2.16. The third-order valence-electron chi connectivity index (χ3n) is 14.2. The highest BCUT2D eigenvalue weighted by atomic mass is 16.3. The highest BCUT2D eigenvalue weighted by molar-refractivity contribution is 4.96. The Morgan fingerprint density at radius 2 is 0.606 bits per heavy atom. The zero-order valence-electron chi connectivity index (χ0n) is 48.2. The summed E-state index contributed by atoms with van der Waals surface area (Å²) in [4.78, 5) is 7.62. The van der Waals surface area contributed by atoms with Crippen molar-refractivity contribution in [2.45, 2.75) is 246 Å². The molecule has 0 aromatic heterocycles. The summed E-state index contributed by atoms with van der Waals surface area (Å²) < 4.78 is 0. The van der Waals surface area contributed by atoms with Crippen LogP contribution in [0, 0.1) is 17.8 Å². The molecule has 7 heteroatoms. The maximum absolute atomic E-state index is 10.7. The molecule has 71 heavy (non-hydrogen) atoms. The predicted octanol–water partition coefficient (Wildman–Crippen LogP) is 15.5. The minimum atomic E-state index is -0.486. The molecule has 0 amide bonds. The summed E-state index contributed by atoms with van der Waals surface area (Å²) in [6, 6.07) is 0. The Kier molecular flexibility index (Phi) is 53.0. The summed E-state index contributed by atoms with van der Waals surface area (Å²) in [5, 5.41) is 21.3. The van der Waals surface area contributed by atoms with E-state index in [1.165, 1.54) is 173 Å². The summed E-state index contributed by atoms with van der Waals surface area (Å²) in [6.07, 6.45) is 64.5. The summed E-state index contributed by atoms with van der Waals surface area (Å²) >= 11 is 0. The monoisotopic (exact) mass is 994 g/mol. The standard InChI is InChI=1S/C64H123N5O2/c1-7-43-60(4)46-37-31-25-19-13-10-16-22-28-34-40-49-67(52-54-68(58-63(70)56-65)50-41-35-29-23-17-11-14-20-26-32-38-47-61(5)44-8-2)53-55-69(59-64(71)57-66)51-42-36-30-24-18-12-15-21-27-33-39-48-62(6)45-9-3/h19-21,25-27,37-39,46-48,60-64,70-71H,7-18,22-24,28-36,40-45,49-59,65-66H2,1-6H3/b25-19-,26-20-,27-21-,46-37-,47-38-,48-39-. The van der Waals surface area contributed by atoms with Crippen LogP contribution in [0.2, 0.25) is 0 Å². The third-order valence-corrected chi connectivity index (χ3v) is 14.2. The molecule has 0 aliphatic carbocycles. The molecule has 0 aromatic rings. The lowest BCUT2D eigenvalue weighted by molar-refractivity contribution is 0.0951. The lowest BCUT2D eigenvalue weighted by Crippen LogP contribution is -2.45. The van der Waals surface area contributed by atoms with E-state index >= 15 is 0 Å². The van der Waals surface area contributed by atoms with Gasteiger partial charge in [0.05, 0.1) is 12.2 Å². The molecule has 0 spiro atoms. The van der Waals surface area contributed by atoms with Crippen molar-refractivity contribution < 1.29 is 10.2 Å². The highest BCUT2D eigenvalue weighted by Crippen LogP contribution is 2.14. The number of aliphatic hydroxyl groups excluding tert-OH is 2. The maximum Gasteiger partial charge on any atom is 0.0789 e. The average molecular weight is 995 g/mol. The molecule has 7 nitrogen and oxygen atoms in total. The first kappa shape index (κ1) is 69.2. The van der Waals surface area contributed by atoms with E-state index in [0.29, 0.717) is 43.9 Å². The SMILES string of the molecule is CCCC(C)/C=C\C/C=C\CCCCCCCCN(CCN(CCCCCCCC/C=C\C/C=C\C(C)CCC)CC(O)CN)CCN(CCCCCCCC/C=C\C/C=C\C(C)CCC)CC(O)CN. The van der Waals surface area contributed by atoms with Crippen molar-refractivity contribution in [1.82, 2.24) is 14.7 Å². The van der Waals surface area contributed by atoms with Crippen LogP contribution >= 0.6 is 0 Å². The molecule has 0 aromatic carbocycles. The number of hydrogen-bond acceptors (Lipinski definition) is 7. The predicted molar refractivity (Wildman–Crippen MR) is 317 cm³/mol. The van der Waals surface area contributed by atoms with Crippen molar-refractivity contribution >= 4 is 0 Å². The summed E-state index contributed by atoms with van der Waals surface area (Å²) in [5.74, 6) is 2.09. The Balaban J connectivity index is 5.11. The van der Waals surface area contributed by atoms with Gasteiger partial charge < -0.3 is 26.6 Å². The first-order chi connectivity index (χ1) is 34.7. The second-order valence-electron chi connectivity index (χ2n) is 21.7. The molecule has 0 heterocycles. The molecule has 0 aliphatic heterocycles. The van der Waals surface area contributed by atoms with Gasteiger partial charge in [-0.25, -0.2) is 0 Å². The van der Waals surface area contributed by atoms with Gasteiger partial charge in [0.2, 0.25) is 0 Å². The van der Waals surface area contributed by atoms with Gasteiger partial charge in [-0.3, -0.25) is 9.80 Å². The fraction of sp³-hybridized carbons (Fsp3) is 0.812. The normalized spacial score (nSPS) is 15.0. The molecule has 0 bridgehead atoms. The number of nitrogens with two attached hydrogens (primary N) is 2. The zero-order valence-corrected chi connectivity index (χ0v) is 48.2. The van der Waals surface area contributed by atoms with Crippen LogP contribution in [0.25, 0.3) is 0 Å². The van der Waals surface area contributed by atoms with E-state index in [1.807, 2.05) is 0 Å². The van der Waals surface area contributed by atoms with Crippen LogP contribution in [0.4, 0.5) is 0 Å². The van der Waals surface area contributed by atoms with Crippen LogP contribution in [0.1, 0.15) is 234 Å². The number of rotatable bonds is 54. The van der Waals surface area contributed by atoms with E-state index in [0.717, 1.165) is 65.1 Å². The Bertz CT molecular complexity index is 1190. The summed E-state index contributed by atoms with van der Waals surface area (Å²) in [5.41, 5.74) is 11.9. The number of allylic oxidation sites excluding steroid dienone is 12. The van der Waals surface area contributed by atoms with Gasteiger partial charge in [0.25, 0.3) is 0 Å². The number of nitrogens with zero attached hydrogens (tertiary/aromatic N) is 3. The Morgan fingerprint density at radius 3 is 0.901 bits per heavy atom. The molecule has 0 rings (SSSR count). The lowest BCUT2D eigenvalue weighted by Gasteiger charge is -2.31. The van der Waals surface area contributed by atoms with Crippen LogP contribution < -0.4 is 11.5 Å². The van der Waals surface area contributed by atoms with E-state index in [9.17, 15) is 10.2 Å². The molecule has 0 fully saturated rings. The Labute approximate surface area is 443 Å². The molecule has 0 radical (unpaired) electrons. The van der Waals surface area contributed by atoms with Gasteiger partial charge in [0.15, 0.2) is 0 Å². The first-order valence-corrected chi connectivity index (χ1v) is 30.6. The average Bonchev–Trinajstić information content (AvgIpc) is 3.35. The summed E-state index contributed by atoms with van der Waals surface area (Å²) in [7, 11) is 0. The first-order valence-electron chi connectivity index (χ1n) is 30.6. The summed E-state index contributed by atoms with van der Waals surface area (Å²) in [6.45, 7) is 22.7. The van der Waals surface area contributed by atoms with E-state index in [1.54, 1.807) is 0 Å². The number of aliphatic hydroxyl groups is 2. The van der Waals surface area contributed by atoms with Gasteiger partial charge in [0, 0.05) is 52.4 Å². The van der Waals surface area contributed by atoms with Crippen molar-refractivity contribution in [1.29, 1.82) is 0 Å². The van der Waals surface area contributed by atoms with E-state index in [2.05, 4.69) is 129 Å². The van der Waals surface area contributed by atoms with Crippen LogP contribution in [-0.2, 0) is 0 Å². The lowest BCUT2D eigenvalue weighted by atomic mass is 10.1. The molecule has 6 N–H and O–H groups in total. The van der Waals surface area contributed by atoms with Crippen molar-refractivity contribution in [3.05, 3.63) is 72.9 Å². The molecule has 416 valence electrons. The van der Waals surface area contributed by atoms with Gasteiger partial charge in [-0.2, -0.15) is 0 Å². The van der Waals surface area contributed by atoms with Crippen molar-refractivity contribution in [2.75, 3.05) is 72.0 Å². The zero-order chi connectivity index (χ0) is 52.1. The molecule has 0 saturated heterocycles. The molecule has 0 aliphatic rings. The van der Waals surface area contributed by atoms with Gasteiger partial charge in [-0.05, 0) is 134 Å². The van der Waals surface area contributed by atoms with E-state index in [4.69, 9.17) is 11.5 Å². The minimum Gasteiger partial charge on any atom is -0.390 e.